The van der Waals surface area contributed by atoms with Gasteiger partial charge in [-0.3, -0.25) is 4.79 Å². The fourth-order valence-electron chi connectivity index (χ4n) is 1.89. The first-order chi connectivity index (χ1) is 11.6. The summed E-state index contributed by atoms with van der Waals surface area (Å²) in [5.74, 6) is 0.965. The van der Waals surface area contributed by atoms with Gasteiger partial charge in [-0.2, -0.15) is 5.26 Å². The monoisotopic (exact) mass is 320 g/mol. The van der Waals surface area contributed by atoms with Gasteiger partial charge >= 0.3 is 0 Å². The lowest BCUT2D eigenvalue weighted by atomic mass is 10.2. The number of hydrogen-bond acceptors (Lipinski definition) is 7. The van der Waals surface area contributed by atoms with E-state index in [1.807, 2.05) is 6.07 Å². The van der Waals surface area contributed by atoms with Crippen LogP contribution >= 0.6 is 0 Å². The molecule has 118 valence electrons. The van der Waals surface area contributed by atoms with Gasteiger partial charge in [0.2, 0.25) is 0 Å². The molecule has 24 heavy (non-hydrogen) atoms. The Morgan fingerprint density at radius 3 is 2.54 bits per heavy atom. The van der Waals surface area contributed by atoms with E-state index in [0.29, 0.717) is 23.0 Å². The number of hydrogen-bond donors (Lipinski definition) is 2. The summed E-state index contributed by atoms with van der Waals surface area (Å²) in [5.41, 5.74) is 1.49. The number of anilines is 3. The highest BCUT2D eigenvalue weighted by molar-refractivity contribution is 6.02. The third kappa shape index (κ3) is 3.53. The Labute approximate surface area is 137 Å². The SMILES string of the molecule is Cc1cc(NC(=O)c2cnc(Nc3ccc(C#N)cc3)cn2)no1. The first-order valence-electron chi connectivity index (χ1n) is 6.98. The molecule has 0 aliphatic heterocycles. The molecule has 0 fully saturated rings. The van der Waals surface area contributed by atoms with E-state index in [-0.39, 0.29) is 5.69 Å². The van der Waals surface area contributed by atoms with Crippen LogP contribution in [0.2, 0.25) is 0 Å². The van der Waals surface area contributed by atoms with Crippen molar-refractivity contribution < 1.29 is 9.32 Å². The van der Waals surface area contributed by atoms with Gasteiger partial charge in [-0.1, -0.05) is 5.16 Å². The predicted molar refractivity (Wildman–Crippen MR) is 85.7 cm³/mol. The number of rotatable bonds is 4. The van der Waals surface area contributed by atoms with Crippen LogP contribution in [0.25, 0.3) is 0 Å². The zero-order valence-electron chi connectivity index (χ0n) is 12.6. The van der Waals surface area contributed by atoms with E-state index in [1.165, 1.54) is 12.4 Å². The smallest absolute Gasteiger partial charge is 0.277 e. The molecule has 0 saturated heterocycles. The van der Waals surface area contributed by atoms with Gasteiger partial charge in [0.25, 0.3) is 5.91 Å². The van der Waals surface area contributed by atoms with Gasteiger partial charge < -0.3 is 15.2 Å². The fourth-order valence-corrected chi connectivity index (χ4v) is 1.89. The molecule has 0 bridgehead atoms. The number of carbonyl (C=O) groups excluding carboxylic acids is 1. The number of aromatic nitrogens is 3. The van der Waals surface area contributed by atoms with E-state index < -0.39 is 5.91 Å². The van der Waals surface area contributed by atoms with Crippen molar-refractivity contribution in [2.24, 2.45) is 0 Å². The Kier molecular flexibility index (Phi) is 4.16. The summed E-state index contributed by atoms with van der Waals surface area (Å²) in [5, 5.41) is 18.0. The number of nitrogens with one attached hydrogen (secondary N) is 2. The molecular weight excluding hydrogens is 308 g/mol. The Hall–Kier alpha value is -3.73. The van der Waals surface area contributed by atoms with Crippen molar-refractivity contribution in [2.45, 2.75) is 6.92 Å². The molecule has 0 atom stereocenters. The highest BCUT2D eigenvalue weighted by Crippen LogP contribution is 2.15. The molecule has 3 aromatic rings. The molecule has 3 rings (SSSR count). The Balaban J connectivity index is 1.66. The maximum absolute atomic E-state index is 12.0. The lowest BCUT2D eigenvalue weighted by Crippen LogP contribution is -2.14. The van der Waals surface area contributed by atoms with Crippen molar-refractivity contribution in [1.29, 1.82) is 5.26 Å². The number of benzene rings is 1. The Bertz CT molecular complexity index is 894. The molecule has 0 saturated carbocycles. The van der Waals surface area contributed by atoms with Crippen molar-refractivity contribution in [3.63, 3.8) is 0 Å². The van der Waals surface area contributed by atoms with Gasteiger partial charge in [-0.25, -0.2) is 9.97 Å². The molecule has 0 radical (unpaired) electrons. The van der Waals surface area contributed by atoms with Gasteiger partial charge in [0.15, 0.2) is 5.82 Å². The van der Waals surface area contributed by atoms with Crippen LogP contribution in [0.1, 0.15) is 21.8 Å². The summed E-state index contributed by atoms with van der Waals surface area (Å²) < 4.78 is 4.87. The molecule has 0 aliphatic rings. The molecule has 0 unspecified atom stereocenters. The van der Waals surface area contributed by atoms with Crippen LogP contribution in [0.15, 0.2) is 47.2 Å². The standard InChI is InChI=1S/C16H12N6O2/c1-10-6-14(22-24-10)21-16(23)13-8-19-15(9-18-13)20-12-4-2-11(7-17)3-5-12/h2-6,8-9H,1H3,(H,19,20)(H,21,22,23). The topological polar surface area (TPSA) is 117 Å². The molecule has 1 amide bonds. The second kappa shape index (κ2) is 6.58. The molecule has 2 heterocycles. The molecule has 0 aliphatic carbocycles. The zero-order valence-corrected chi connectivity index (χ0v) is 12.6. The van der Waals surface area contributed by atoms with Crippen molar-refractivity contribution in [3.8, 4) is 6.07 Å². The highest BCUT2D eigenvalue weighted by Gasteiger charge is 2.11. The van der Waals surface area contributed by atoms with E-state index in [9.17, 15) is 4.79 Å². The van der Waals surface area contributed by atoms with Crippen LogP contribution in [0.4, 0.5) is 17.3 Å². The minimum absolute atomic E-state index is 0.154. The van der Waals surface area contributed by atoms with Gasteiger partial charge in [0.05, 0.1) is 24.0 Å². The number of aryl methyl sites for hydroxylation is 1. The normalized spacial score (nSPS) is 10.0. The largest absolute Gasteiger partial charge is 0.360 e. The molecule has 0 spiro atoms. The van der Waals surface area contributed by atoms with Crippen LogP contribution < -0.4 is 10.6 Å². The average molecular weight is 320 g/mol. The van der Waals surface area contributed by atoms with Crippen molar-refractivity contribution in [2.75, 3.05) is 10.6 Å². The van der Waals surface area contributed by atoms with E-state index in [4.69, 9.17) is 9.78 Å². The Morgan fingerprint density at radius 1 is 1.17 bits per heavy atom. The van der Waals surface area contributed by atoms with Gasteiger partial charge in [0, 0.05) is 11.8 Å². The maximum atomic E-state index is 12.0. The second-order valence-electron chi connectivity index (χ2n) is 4.88. The number of carbonyl (C=O) groups is 1. The molecule has 1 aromatic carbocycles. The zero-order chi connectivity index (χ0) is 16.9. The molecule has 2 N–H and O–H groups in total. The van der Waals surface area contributed by atoms with Crippen molar-refractivity contribution >= 4 is 23.2 Å². The lowest BCUT2D eigenvalue weighted by molar-refractivity contribution is 0.102. The molecular formula is C16H12N6O2. The van der Waals surface area contributed by atoms with Crippen LogP contribution in [0.3, 0.4) is 0 Å². The highest BCUT2D eigenvalue weighted by atomic mass is 16.5. The molecule has 2 aromatic heterocycles. The third-order valence-corrected chi connectivity index (χ3v) is 3.04. The minimum Gasteiger partial charge on any atom is -0.360 e. The summed E-state index contributed by atoms with van der Waals surface area (Å²) >= 11 is 0. The van der Waals surface area contributed by atoms with Gasteiger partial charge in [-0.05, 0) is 31.2 Å². The number of nitrogens with zero attached hydrogens (tertiary/aromatic N) is 4. The first-order valence-corrected chi connectivity index (χ1v) is 6.98. The van der Waals surface area contributed by atoms with Crippen LogP contribution in [0, 0.1) is 18.3 Å². The average Bonchev–Trinajstić information content (AvgIpc) is 3.01. The minimum atomic E-state index is -0.430. The van der Waals surface area contributed by atoms with E-state index in [2.05, 4.69) is 25.8 Å². The maximum Gasteiger partial charge on any atom is 0.277 e. The summed E-state index contributed by atoms with van der Waals surface area (Å²) in [6.07, 6.45) is 2.80. The van der Waals surface area contributed by atoms with Crippen molar-refractivity contribution in [3.05, 3.63) is 59.7 Å². The summed E-state index contributed by atoms with van der Waals surface area (Å²) in [6, 6.07) is 10.6. The second-order valence-corrected chi connectivity index (χ2v) is 4.88. The fraction of sp³-hybridized carbons (Fsp3) is 0.0625. The lowest BCUT2D eigenvalue weighted by Gasteiger charge is -2.06. The summed E-state index contributed by atoms with van der Waals surface area (Å²) in [7, 11) is 0. The van der Waals surface area contributed by atoms with Crippen LogP contribution in [-0.4, -0.2) is 21.0 Å². The predicted octanol–water partition coefficient (Wildman–Crippen LogP) is 2.64. The van der Waals surface area contributed by atoms with Crippen molar-refractivity contribution in [1.82, 2.24) is 15.1 Å². The van der Waals surface area contributed by atoms with Crippen LogP contribution in [-0.2, 0) is 0 Å². The summed E-state index contributed by atoms with van der Waals surface area (Å²) in [6.45, 7) is 1.73. The van der Waals surface area contributed by atoms with Crippen LogP contribution in [0.5, 0.6) is 0 Å². The van der Waals surface area contributed by atoms with E-state index >= 15 is 0 Å². The quantitative estimate of drug-likeness (QED) is 0.758. The summed E-state index contributed by atoms with van der Waals surface area (Å²) in [4.78, 5) is 20.2. The van der Waals surface area contributed by atoms with Gasteiger partial charge in [0.1, 0.15) is 17.3 Å². The third-order valence-electron chi connectivity index (χ3n) is 3.04. The van der Waals surface area contributed by atoms with Gasteiger partial charge in [-0.15, -0.1) is 0 Å². The van der Waals surface area contributed by atoms with E-state index in [1.54, 1.807) is 37.3 Å². The first kappa shape index (κ1) is 15.2. The Morgan fingerprint density at radius 2 is 1.96 bits per heavy atom. The molecule has 8 heteroatoms. The van der Waals surface area contributed by atoms with E-state index in [0.717, 1.165) is 5.69 Å². The molecule has 8 nitrogen and oxygen atoms in total. The number of nitriles is 1. The number of amides is 1.